The van der Waals surface area contributed by atoms with E-state index in [0.29, 0.717) is 0 Å². The van der Waals surface area contributed by atoms with E-state index in [4.69, 9.17) is 23.2 Å². The highest BCUT2D eigenvalue weighted by Gasteiger charge is 2.56. The number of hydrogen-bond donors (Lipinski definition) is 0. The van der Waals surface area contributed by atoms with Crippen LogP contribution in [0.1, 0.15) is 24.2 Å². The van der Waals surface area contributed by atoms with Gasteiger partial charge >= 0.3 is 0 Å². The van der Waals surface area contributed by atoms with Gasteiger partial charge < -0.3 is 4.57 Å². The molecule has 26 heavy (non-hydrogen) atoms. The summed E-state index contributed by atoms with van der Waals surface area (Å²) in [4.78, 5) is 4.08. The van der Waals surface area contributed by atoms with Gasteiger partial charge in [0.2, 0.25) is 0 Å². The summed E-state index contributed by atoms with van der Waals surface area (Å²) in [6.07, 6.45) is 4.33. The van der Waals surface area contributed by atoms with Crippen molar-refractivity contribution in [3.63, 3.8) is 0 Å². The van der Waals surface area contributed by atoms with Crippen LogP contribution in [0.2, 0.25) is 0 Å². The van der Waals surface area contributed by atoms with Crippen LogP contribution in [0, 0.1) is 5.92 Å². The van der Waals surface area contributed by atoms with Gasteiger partial charge in [-0.3, -0.25) is 4.98 Å². The van der Waals surface area contributed by atoms with Crippen molar-refractivity contribution in [2.45, 2.75) is 34.6 Å². The Bertz CT molecular complexity index is 883. The lowest BCUT2D eigenvalue weighted by molar-refractivity contribution is 0.680. The smallest absolute Gasteiger partial charge is 0.192 e. The maximum Gasteiger partial charge on any atom is 0.192 e. The molecule has 0 radical (unpaired) electrons. The second kappa shape index (κ2) is 7.22. The zero-order valence-electron chi connectivity index (χ0n) is 14.2. The third-order valence-electron chi connectivity index (χ3n) is 4.57. The van der Waals surface area contributed by atoms with Gasteiger partial charge in [-0.25, -0.2) is 0 Å². The molecule has 1 fully saturated rings. The minimum Gasteiger partial charge on any atom is -0.302 e. The number of aromatic nitrogens is 4. The lowest BCUT2D eigenvalue weighted by atomic mass is 10.1. The Morgan fingerprint density at radius 3 is 2.46 bits per heavy atom. The van der Waals surface area contributed by atoms with Crippen molar-refractivity contribution >= 4 is 35.0 Å². The summed E-state index contributed by atoms with van der Waals surface area (Å²) in [7, 11) is 0. The number of benzene rings is 1. The van der Waals surface area contributed by atoms with E-state index in [0.717, 1.165) is 29.5 Å². The van der Waals surface area contributed by atoms with Crippen molar-refractivity contribution in [2.24, 2.45) is 5.92 Å². The van der Waals surface area contributed by atoms with Gasteiger partial charge in [0.15, 0.2) is 11.0 Å². The summed E-state index contributed by atoms with van der Waals surface area (Å²) in [6.45, 7) is 2.88. The van der Waals surface area contributed by atoms with Crippen LogP contribution in [0.5, 0.6) is 0 Å². The molecule has 0 spiro atoms. The van der Waals surface area contributed by atoms with Crippen LogP contribution in [0.4, 0.5) is 0 Å². The number of pyridine rings is 1. The molecule has 1 aromatic carbocycles. The molecular weight excluding hydrogens is 387 g/mol. The van der Waals surface area contributed by atoms with E-state index in [2.05, 4.69) is 38.8 Å². The molecule has 2 aromatic heterocycles. The number of nitrogens with zero attached hydrogens (tertiary/aromatic N) is 4. The predicted octanol–water partition coefficient (Wildman–Crippen LogP) is 5.39. The molecule has 1 aliphatic rings. The Balaban J connectivity index is 1.67. The highest BCUT2D eigenvalue weighted by Crippen LogP contribution is 2.63. The molecular formula is C19H18Cl2N4S. The molecule has 3 aromatic rings. The number of thioether (sulfide) groups is 1. The molecule has 4 rings (SSSR count). The topological polar surface area (TPSA) is 43.6 Å². The zero-order valence-corrected chi connectivity index (χ0v) is 16.5. The first-order valence-electron chi connectivity index (χ1n) is 8.53. The van der Waals surface area contributed by atoms with Crippen LogP contribution < -0.4 is 0 Å². The van der Waals surface area contributed by atoms with Gasteiger partial charge in [-0.05, 0) is 31.0 Å². The lowest BCUT2D eigenvalue weighted by Gasteiger charge is -2.17. The van der Waals surface area contributed by atoms with Crippen LogP contribution in [0.25, 0.3) is 11.4 Å². The van der Waals surface area contributed by atoms with Gasteiger partial charge in [-0.1, -0.05) is 42.1 Å². The average Bonchev–Trinajstić information content (AvgIpc) is 3.12. The van der Waals surface area contributed by atoms with Gasteiger partial charge in [-0.2, -0.15) is 0 Å². The summed E-state index contributed by atoms with van der Waals surface area (Å²) in [5, 5.41) is 9.90. The Kier molecular flexibility index (Phi) is 4.95. The Morgan fingerprint density at radius 2 is 1.85 bits per heavy atom. The molecule has 0 saturated heterocycles. The molecule has 1 aliphatic carbocycles. The summed E-state index contributed by atoms with van der Waals surface area (Å²) < 4.78 is 1.47. The van der Waals surface area contributed by atoms with Crippen molar-refractivity contribution in [1.82, 2.24) is 19.7 Å². The molecule has 0 amide bonds. The van der Waals surface area contributed by atoms with E-state index in [1.807, 2.05) is 30.3 Å². The molecule has 7 heteroatoms. The summed E-state index contributed by atoms with van der Waals surface area (Å²) in [5.74, 6) is 1.05. The fraction of sp³-hybridized carbons (Fsp3) is 0.316. The number of halogens is 2. The first kappa shape index (κ1) is 17.8. The maximum atomic E-state index is 6.40. The maximum absolute atomic E-state index is 6.40. The van der Waals surface area contributed by atoms with Crippen molar-refractivity contribution in [2.75, 3.05) is 0 Å². The van der Waals surface area contributed by atoms with Crippen molar-refractivity contribution in [3.05, 3.63) is 60.4 Å². The standard InChI is InChI=1S/C19H18Cl2N4S/c1-2-25-17(14-8-10-22-11-9-14)23-24-18(25)26-16(15-12-19(15,20)21)13-6-4-3-5-7-13/h3-11,15-16H,2,12H2,1H3. The first-order valence-corrected chi connectivity index (χ1v) is 10.2. The van der Waals surface area contributed by atoms with E-state index >= 15 is 0 Å². The van der Waals surface area contributed by atoms with E-state index in [1.165, 1.54) is 5.56 Å². The summed E-state index contributed by atoms with van der Waals surface area (Å²) in [5.41, 5.74) is 2.22. The predicted molar refractivity (Wildman–Crippen MR) is 107 cm³/mol. The second-order valence-electron chi connectivity index (χ2n) is 6.31. The molecule has 2 heterocycles. The van der Waals surface area contributed by atoms with Crippen LogP contribution in [-0.4, -0.2) is 24.1 Å². The Labute approximate surface area is 167 Å². The Hall–Kier alpha value is -1.56. The van der Waals surface area contributed by atoms with Crippen LogP contribution in [0.3, 0.4) is 0 Å². The van der Waals surface area contributed by atoms with E-state index in [-0.39, 0.29) is 11.2 Å². The molecule has 2 atom stereocenters. The van der Waals surface area contributed by atoms with Crippen LogP contribution in [-0.2, 0) is 6.54 Å². The molecule has 0 aliphatic heterocycles. The monoisotopic (exact) mass is 404 g/mol. The van der Waals surface area contributed by atoms with Crippen molar-refractivity contribution in [3.8, 4) is 11.4 Å². The second-order valence-corrected chi connectivity index (χ2v) is 8.96. The van der Waals surface area contributed by atoms with Crippen LogP contribution in [0.15, 0.2) is 60.0 Å². The fourth-order valence-electron chi connectivity index (χ4n) is 3.08. The molecule has 1 saturated carbocycles. The number of hydrogen-bond acceptors (Lipinski definition) is 4. The minimum atomic E-state index is -0.654. The number of alkyl halides is 2. The molecule has 0 N–H and O–H groups in total. The van der Waals surface area contributed by atoms with E-state index in [9.17, 15) is 0 Å². The van der Waals surface area contributed by atoms with Gasteiger partial charge in [-0.15, -0.1) is 33.4 Å². The highest BCUT2D eigenvalue weighted by atomic mass is 35.5. The van der Waals surface area contributed by atoms with E-state index < -0.39 is 4.33 Å². The number of rotatable bonds is 6. The summed E-state index contributed by atoms with van der Waals surface area (Å²) in [6, 6.07) is 14.2. The SMILES string of the molecule is CCn1c(SC(c2ccccc2)C2CC2(Cl)Cl)nnc1-c1ccncc1. The van der Waals surface area contributed by atoms with Crippen molar-refractivity contribution in [1.29, 1.82) is 0 Å². The van der Waals surface area contributed by atoms with Gasteiger partial charge in [0.1, 0.15) is 4.33 Å². The zero-order chi connectivity index (χ0) is 18.1. The molecule has 134 valence electrons. The first-order chi connectivity index (χ1) is 12.6. The van der Waals surface area contributed by atoms with Crippen LogP contribution >= 0.6 is 35.0 Å². The normalized spacial score (nSPS) is 19.3. The fourth-order valence-corrected chi connectivity index (χ4v) is 5.25. The third kappa shape index (κ3) is 3.48. The molecule has 0 bridgehead atoms. The quantitative estimate of drug-likeness (QED) is 0.408. The lowest BCUT2D eigenvalue weighted by Crippen LogP contribution is -2.06. The Morgan fingerprint density at radius 1 is 1.15 bits per heavy atom. The van der Waals surface area contributed by atoms with Gasteiger partial charge in [0, 0.05) is 35.7 Å². The third-order valence-corrected chi connectivity index (χ3v) is 6.81. The van der Waals surface area contributed by atoms with Gasteiger partial charge in [0.05, 0.1) is 0 Å². The van der Waals surface area contributed by atoms with E-state index in [1.54, 1.807) is 24.2 Å². The highest BCUT2D eigenvalue weighted by molar-refractivity contribution is 7.99. The van der Waals surface area contributed by atoms with Gasteiger partial charge in [0.25, 0.3) is 0 Å². The summed E-state index contributed by atoms with van der Waals surface area (Å²) >= 11 is 14.5. The molecule has 4 nitrogen and oxygen atoms in total. The molecule has 2 unspecified atom stereocenters. The average molecular weight is 405 g/mol. The minimum absolute atomic E-state index is 0.144. The largest absolute Gasteiger partial charge is 0.302 e. The van der Waals surface area contributed by atoms with Crippen molar-refractivity contribution < 1.29 is 0 Å².